The van der Waals surface area contributed by atoms with Gasteiger partial charge in [0.2, 0.25) is 0 Å². The van der Waals surface area contributed by atoms with Crippen LogP contribution in [0.1, 0.15) is 39.5 Å². The summed E-state index contributed by atoms with van der Waals surface area (Å²) in [7, 11) is 1.83. The summed E-state index contributed by atoms with van der Waals surface area (Å²) in [6.07, 6.45) is 4.67. The van der Waals surface area contributed by atoms with Crippen LogP contribution < -0.4 is 4.74 Å². The number of aryl methyl sites for hydroxylation is 2. The van der Waals surface area contributed by atoms with E-state index in [0.717, 1.165) is 31.7 Å². The Kier molecular flexibility index (Phi) is 4.90. The number of hydrogen-bond acceptors (Lipinski definition) is 1. The molecule has 0 aliphatic heterocycles. The molecule has 0 saturated carbocycles. The number of fused-ring (bicyclic) bond motifs is 6. The Morgan fingerprint density at radius 3 is 1.57 bits per heavy atom. The predicted octanol–water partition coefficient (Wildman–Crippen LogP) is 7.51. The number of ether oxygens (including phenoxy) is 1. The first-order valence-corrected chi connectivity index (χ1v) is 11.3. The zero-order valence-corrected chi connectivity index (χ0v) is 18.2. The average molecular weight is 399 g/mol. The number of unbranched alkanes of at least 4 members (excludes halogenated alkanes) is 2. The maximum atomic E-state index is 6.20. The van der Waals surface area contributed by atoms with Gasteiger partial charge in [-0.25, -0.2) is 0 Å². The van der Waals surface area contributed by atoms with E-state index in [1.807, 2.05) is 7.11 Å². The summed E-state index contributed by atoms with van der Waals surface area (Å²) >= 11 is 0. The minimum atomic E-state index is 1.01. The molecule has 154 valence electrons. The van der Waals surface area contributed by atoms with Crippen LogP contribution in [-0.2, 0) is 13.1 Å². The van der Waals surface area contributed by atoms with Gasteiger partial charge in [-0.05, 0) is 31.0 Å². The molecule has 3 heteroatoms. The molecule has 5 aromatic rings. The minimum absolute atomic E-state index is 1.01. The lowest BCUT2D eigenvalue weighted by atomic mass is 10.1. The molecule has 0 aliphatic rings. The van der Waals surface area contributed by atoms with Gasteiger partial charge in [-0.1, -0.05) is 63.1 Å². The van der Waals surface area contributed by atoms with Crippen molar-refractivity contribution in [3.8, 4) is 5.75 Å². The van der Waals surface area contributed by atoms with Crippen molar-refractivity contribution in [2.45, 2.75) is 52.6 Å². The molecule has 0 aliphatic carbocycles. The van der Waals surface area contributed by atoms with E-state index in [0.29, 0.717) is 0 Å². The highest BCUT2D eigenvalue weighted by atomic mass is 16.5. The van der Waals surface area contributed by atoms with Gasteiger partial charge in [0, 0.05) is 45.7 Å². The molecule has 0 N–H and O–H groups in total. The summed E-state index contributed by atoms with van der Waals surface area (Å²) < 4.78 is 11.2. The molecule has 0 fully saturated rings. The molecule has 2 heterocycles. The standard InChI is InChI=1S/C27H30N2O/c1-4-6-16-28-23-14-10-8-12-19(23)21-18-22-20-13-9-11-15-24(20)29(17-7-5-2)26(22)27(30-3)25(21)28/h8-15,18H,4-7,16-17H2,1-3H3. The van der Waals surface area contributed by atoms with Gasteiger partial charge in [-0.15, -0.1) is 0 Å². The SMILES string of the molecule is CCCCn1c2ccccc2c2cc3c4ccccc4n(CCCC)c3c(OC)c21. The first-order valence-electron chi connectivity index (χ1n) is 11.3. The second-order valence-electron chi connectivity index (χ2n) is 8.25. The fraction of sp³-hybridized carbons (Fsp3) is 0.333. The molecule has 0 radical (unpaired) electrons. The van der Waals surface area contributed by atoms with Crippen molar-refractivity contribution < 1.29 is 4.74 Å². The molecule has 5 rings (SSSR count). The van der Waals surface area contributed by atoms with Crippen LogP contribution in [-0.4, -0.2) is 16.2 Å². The molecule has 0 saturated heterocycles. The number of aromatic nitrogens is 2. The molecule has 30 heavy (non-hydrogen) atoms. The zero-order chi connectivity index (χ0) is 20.7. The number of nitrogens with zero attached hydrogens (tertiary/aromatic N) is 2. The van der Waals surface area contributed by atoms with Crippen molar-refractivity contribution >= 4 is 43.6 Å². The van der Waals surface area contributed by atoms with E-state index < -0.39 is 0 Å². The van der Waals surface area contributed by atoms with Gasteiger partial charge in [0.1, 0.15) is 0 Å². The lowest BCUT2D eigenvalue weighted by Gasteiger charge is -2.14. The normalized spacial score (nSPS) is 12.0. The van der Waals surface area contributed by atoms with Gasteiger partial charge in [-0.2, -0.15) is 0 Å². The smallest absolute Gasteiger partial charge is 0.167 e. The maximum Gasteiger partial charge on any atom is 0.167 e. The van der Waals surface area contributed by atoms with E-state index in [1.54, 1.807) is 0 Å². The molecule has 2 aromatic heterocycles. The van der Waals surface area contributed by atoms with Crippen LogP contribution in [0.25, 0.3) is 43.6 Å². The van der Waals surface area contributed by atoms with Gasteiger partial charge in [0.15, 0.2) is 5.75 Å². The van der Waals surface area contributed by atoms with Gasteiger partial charge >= 0.3 is 0 Å². The average Bonchev–Trinajstić information content (AvgIpc) is 3.28. The number of benzene rings is 3. The molecule has 3 aromatic carbocycles. The van der Waals surface area contributed by atoms with Crippen molar-refractivity contribution in [2.24, 2.45) is 0 Å². The van der Waals surface area contributed by atoms with Crippen LogP contribution in [0, 0.1) is 0 Å². The van der Waals surface area contributed by atoms with Crippen LogP contribution in [0.5, 0.6) is 5.75 Å². The highest BCUT2D eigenvalue weighted by molar-refractivity contribution is 6.21. The fourth-order valence-corrected chi connectivity index (χ4v) is 4.99. The van der Waals surface area contributed by atoms with Crippen LogP contribution >= 0.6 is 0 Å². The highest BCUT2D eigenvalue weighted by Gasteiger charge is 2.22. The second kappa shape index (κ2) is 7.71. The quantitative estimate of drug-likeness (QED) is 0.277. The Morgan fingerprint density at radius 1 is 0.667 bits per heavy atom. The third-order valence-corrected chi connectivity index (χ3v) is 6.41. The fourth-order valence-electron chi connectivity index (χ4n) is 4.99. The summed E-state index contributed by atoms with van der Waals surface area (Å²) in [6.45, 7) is 6.53. The Bertz CT molecular complexity index is 1260. The second-order valence-corrected chi connectivity index (χ2v) is 8.25. The Hall–Kier alpha value is -2.94. The molecular weight excluding hydrogens is 368 g/mol. The number of methoxy groups -OCH3 is 1. The Morgan fingerprint density at radius 2 is 1.13 bits per heavy atom. The van der Waals surface area contributed by atoms with E-state index in [1.165, 1.54) is 56.5 Å². The number of hydrogen-bond donors (Lipinski definition) is 0. The Labute approximate surface area is 177 Å². The summed E-state index contributed by atoms with van der Waals surface area (Å²) in [4.78, 5) is 0. The van der Waals surface area contributed by atoms with Crippen molar-refractivity contribution in [1.82, 2.24) is 9.13 Å². The van der Waals surface area contributed by atoms with Crippen molar-refractivity contribution in [3.05, 3.63) is 54.6 Å². The van der Waals surface area contributed by atoms with E-state index in [4.69, 9.17) is 4.74 Å². The molecule has 0 atom stereocenters. The highest BCUT2D eigenvalue weighted by Crippen LogP contribution is 2.44. The van der Waals surface area contributed by atoms with Crippen LogP contribution in [0.4, 0.5) is 0 Å². The molecule has 0 unspecified atom stereocenters. The van der Waals surface area contributed by atoms with Gasteiger partial charge in [-0.3, -0.25) is 0 Å². The van der Waals surface area contributed by atoms with Crippen molar-refractivity contribution in [3.63, 3.8) is 0 Å². The largest absolute Gasteiger partial charge is 0.492 e. The first-order chi connectivity index (χ1) is 14.8. The molecule has 3 nitrogen and oxygen atoms in total. The summed E-state index contributed by atoms with van der Waals surface area (Å²) in [5.74, 6) is 1.02. The van der Waals surface area contributed by atoms with E-state index in [2.05, 4.69) is 77.6 Å². The molecule has 0 amide bonds. The van der Waals surface area contributed by atoms with E-state index in [-0.39, 0.29) is 0 Å². The van der Waals surface area contributed by atoms with E-state index in [9.17, 15) is 0 Å². The third-order valence-electron chi connectivity index (χ3n) is 6.41. The first kappa shape index (κ1) is 19.0. The van der Waals surface area contributed by atoms with Gasteiger partial charge in [0.25, 0.3) is 0 Å². The monoisotopic (exact) mass is 398 g/mol. The third kappa shape index (κ3) is 2.72. The van der Waals surface area contributed by atoms with Crippen LogP contribution in [0.15, 0.2) is 54.6 Å². The molecule has 0 spiro atoms. The van der Waals surface area contributed by atoms with Gasteiger partial charge < -0.3 is 13.9 Å². The summed E-state index contributed by atoms with van der Waals surface area (Å²) in [5, 5.41) is 5.22. The molecular formula is C27H30N2O. The summed E-state index contributed by atoms with van der Waals surface area (Å²) in [6, 6.07) is 20.0. The number of rotatable bonds is 7. The van der Waals surface area contributed by atoms with E-state index >= 15 is 0 Å². The predicted molar refractivity (Wildman–Crippen MR) is 129 cm³/mol. The lowest BCUT2D eigenvalue weighted by molar-refractivity contribution is 0.419. The van der Waals surface area contributed by atoms with Crippen LogP contribution in [0.3, 0.4) is 0 Å². The van der Waals surface area contributed by atoms with Crippen molar-refractivity contribution in [2.75, 3.05) is 7.11 Å². The van der Waals surface area contributed by atoms with Crippen LogP contribution in [0.2, 0.25) is 0 Å². The Balaban J connectivity index is 1.98. The number of para-hydroxylation sites is 2. The lowest BCUT2D eigenvalue weighted by Crippen LogP contribution is -2.02. The molecule has 0 bridgehead atoms. The van der Waals surface area contributed by atoms with Crippen molar-refractivity contribution in [1.29, 1.82) is 0 Å². The van der Waals surface area contributed by atoms with Gasteiger partial charge in [0.05, 0.1) is 18.1 Å². The summed E-state index contributed by atoms with van der Waals surface area (Å²) in [5.41, 5.74) is 5.08. The topological polar surface area (TPSA) is 19.1 Å². The minimum Gasteiger partial charge on any atom is -0.492 e. The maximum absolute atomic E-state index is 6.20. The zero-order valence-electron chi connectivity index (χ0n) is 18.2.